The summed E-state index contributed by atoms with van der Waals surface area (Å²) in [5.74, 6) is -1.60. The van der Waals surface area contributed by atoms with Gasteiger partial charge in [0.25, 0.3) is 0 Å². The Labute approximate surface area is 230 Å². The van der Waals surface area contributed by atoms with Gasteiger partial charge in [0.15, 0.2) is 6.10 Å². The molecule has 2 N–H and O–H groups in total. The van der Waals surface area contributed by atoms with Crippen molar-refractivity contribution in [3.63, 3.8) is 0 Å². The smallest absolute Gasteiger partial charge is 0.335 e. The maximum absolute atomic E-state index is 13.0. The molecule has 0 aromatic rings. The molecule has 3 aliphatic heterocycles. The van der Waals surface area contributed by atoms with Crippen LogP contribution in [0, 0.1) is 16.7 Å². The number of esters is 2. The molecule has 3 fully saturated rings. The fraction of sp³-hybridized carbons (Fsp3) is 0.704. The highest BCUT2D eigenvalue weighted by atomic mass is 127. The highest BCUT2D eigenvalue weighted by Gasteiger charge is 2.83. The van der Waals surface area contributed by atoms with Crippen LogP contribution in [-0.2, 0) is 33.3 Å². The number of ether oxygens (including phenoxy) is 5. The number of carbonyl (C=O) groups is 2. The van der Waals surface area contributed by atoms with E-state index in [9.17, 15) is 19.8 Å². The van der Waals surface area contributed by atoms with E-state index in [0.717, 1.165) is 6.42 Å². The summed E-state index contributed by atoms with van der Waals surface area (Å²) < 4.78 is 31.4. The molecule has 0 amide bonds. The van der Waals surface area contributed by atoms with Crippen molar-refractivity contribution in [1.82, 2.24) is 0 Å². The second-order valence-corrected chi connectivity index (χ2v) is 12.4. The number of carbonyl (C=O) groups excluding carboxylic acids is 2. The SMILES string of the molecule is CC1CCOC(CO)/C=C/C=C\C(=O)O[C@@H]2C[C@H]3OC4C=C(I)CC[C@]4(COC(=O)[C@@H]1O)[C@]2(C)C31CO1. The van der Waals surface area contributed by atoms with E-state index in [4.69, 9.17) is 23.7 Å². The Morgan fingerprint density at radius 2 is 1.97 bits per heavy atom. The largest absolute Gasteiger partial charge is 0.463 e. The molecule has 5 rings (SSSR count). The van der Waals surface area contributed by atoms with Crippen molar-refractivity contribution in [1.29, 1.82) is 0 Å². The van der Waals surface area contributed by atoms with Crippen LogP contribution in [0.1, 0.15) is 39.5 Å². The summed E-state index contributed by atoms with van der Waals surface area (Å²) in [5, 5.41) is 20.3. The lowest BCUT2D eigenvalue weighted by Gasteiger charge is -2.58. The van der Waals surface area contributed by atoms with Gasteiger partial charge in [-0.05, 0) is 57.4 Å². The number of epoxide rings is 1. The molecule has 1 saturated carbocycles. The Morgan fingerprint density at radius 1 is 1.19 bits per heavy atom. The number of aliphatic hydroxyl groups excluding tert-OH is 2. The normalized spacial score (nSPS) is 48.1. The predicted octanol–water partition coefficient (Wildman–Crippen LogP) is 2.38. The zero-order valence-corrected chi connectivity index (χ0v) is 23.3. The maximum Gasteiger partial charge on any atom is 0.335 e. The van der Waals surface area contributed by atoms with Gasteiger partial charge in [-0.15, -0.1) is 0 Å². The van der Waals surface area contributed by atoms with E-state index < -0.39 is 52.6 Å². The molecule has 2 aliphatic carbocycles. The Hall–Kier alpha value is -1.31. The molecule has 4 unspecified atom stereocenters. The predicted molar refractivity (Wildman–Crippen MR) is 140 cm³/mol. The minimum absolute atomic E-state index is 0.0186. The lowest BCUT2D eigenvalue weighted by atomic mass is 9.52. The van der Waals surface area contributed by atoms with Crippen molar-refractivity contribution in [3.05, 3.63) is 34.0 Å². The van der Waals surface area contributed by atoms with Gasteiger partial charge in [-0.3, -0.25) is 0 Å². The third-order valence-corrected chi connectivity index (χ3v) is 10.1. The number of halogens is 1. The molecule has 2 spiro atoms. The summed E-state index contributed by atoms with van der Waals surface area (Å²) >= 11 is 2.31. The highest BCUT2D eigenvalue weighted by molar-refractivity contribution is 14.1. The van der Waals surface area contributed by atoms with E-state index >= 15 is 0 Å². The first-order valence-corrected chi connectivity index (χ1v) is 14.0. The van der Waals surface area contributed by atoms with Crippen LogP contribution in [0.25, 0.3) is 0 Å². The standard InChI is InChI=1S/C27H35IO9/c1-16-8-10-33-18(13-29)5-3-4-6-22(30)37-19-12-21-27(15-35-27)25(19,2)26(14-34-24(32)23(16)31)9-7-17(28)11-20(26)36-21/h3-6,11,16,18-21,23,29,31H,7-10,12-15H2,1-2H3/b5-3+,6-4-/t16?,18?,19-,20?,21-,23-,25-,26-,27?/m1/s1. The van der Waals surface area contributed by atoms with Gasteiger partial charge in [0.05, 0.1) is 36.9 Å². The van der Waals surface area contributed by atoms with E-state index in [0.29, 0.717) is 25.9 Å². The maximum atomic E-state index is 13.0. The molecule has 9 nitrogen and oxygen atoms in total. The Kier molecular flexibility index (Phi) is 7.62. The van der Waals surface area contributed by atoms with Crippen LogP contribution < -0.4 is 0 Å². The molecular weight excluding hydrogens is 595 g/mol. The third-order valence-electron chi connectivity index (χ3n) is 9.22. The van der Waals surface area contributed by atoms with Gasteiger partial charge in [0.2, 0.25) is 0 Å². The van der Waals surface area contributed by atoms with Crippen LogP contribution in [-0.4, -0.2) is 84.7 Å². The average molecular weight is 630 g/mol. The fourth-order valence-corrected chi connectivity index (χ4v) is 7.31. The van der Waals surface area contributed by atoms with Gasteiger partial charge in [0.1, 0.15) is 18.3 Å². The average Bonchev–Trinajstić information content (AvgIpc) is 3.66. The highest BCUT2D eigenvalue weighted by Crippen LogP contribution is 2.72. The van der Waals surface area contributed by atoms with Crippen LogP contribution in [0.3, 0.4) is 0 Å². The van der Waals surface area contributed by atoms with Crippen molar-refractivity contribution in [3.8, 4) is 0 Å². The summed E-state index contributed by atoms with van der Waals surface area (Å²) in [6.07, 6.45) is 7.64. The third kappa shape index (κ3) is 4.51. The van der Waals surface area contributed by atoms with E-state index in [-0.39, 0.29) is 32.0 Å². The fourth-order valence-electron chi connectivity index (χ4n) is 6.71. The first-order chi connectivity index (χ1) is 17.7. The lowest BCUT2D eigenvalue weighted by Crippen LogP contribution is -2.66. The number of allylic oxidation sites excluding steroid dienone is 3. The van der Waals surface area contributed by atoms with Crippen LogP contribution in [0.4, 0.5) is 0 Å². The molecule has 3 heterocycles. The number of hydrogen-bond acceptors (Lipinski definition) is 9. The van der Waals surface area contributed by atoms with E-state index in [2.05, 4.69) is 35.6 Å². The van der Waals surface area contributed by atoms with Gasteiger partial charge < -0.3 is 33.9 Å². The first-order valence-electron chi connectivity index (χ1n) is 12.9. The summed E-state index contributed by atoms with van der Waals surface area (Å²) in [6.45, 7) is 4.35. The molecule has 37 heavy (non-hydrogen) atoms. The molecule has 0 radical (unpaired) electrons. The molecule has 5 aliphatic rings. The first kappa shape index (κ1) is 27.3. The van der Waals surface area contributed by atoms with Crippen LogP contribution >= 0.6 is 22.6 Å². The second kappa shape index (κ2) is 10.3. The molecule has 204 valence electrons. The van der Waals surface area contributed by atoms with Crippen LogP contribution in [0.15, 0.2) is 34.0 Å². The van der Waals surface area contributed by atoms with Gasteiger partial charge in [0, 0.05) is 24.5 Å². The van der Waals surface area contributed by atoms with Gasteiger partial charge in [-0.2, -0.15) is 0 Å². The van der Waals surface area contributed by atoms with Gasteiger partial charge >= 0.3 is 11.9 Å². The van der Waals surface area contributed by atoms with E-state index in [1.165, 1.54) is 9.66 Å². The van der Waals surface area contributed by atoms with Crippen molar-refractivity contribution in [2.75, 3.05) is 26.4 Å². The number of rotatable bonds is 1. The van der Waals surface area contributed by atoms with Crippen molar-refractivity contribution in [2.45, 2.75) is 75.7 Å². The zero-order valence-electron chi connectivity index (χ0n) is 21.1. The molecule has 9 atom stereocenters. The van der Waals surface area contributed by atoms with Crippen molar-refractivity contribution in [2.24, 2.45) is 16.7 Å². The molecule has 0 aromatic heterocycles. The number of hydrogen-bond donors (Lipinski definition) is 2. The Morgan fingerprint density at radius 3 is 2.70 bits per heavy atom. The quantitative estimate of drug-likeness (QED) is 0.256. The summed E-state index contributed by atoms with van der Waals surface area (Å²) in [5.41, 5.74) is -1.97. The monoisotopic (exact) mass is 630 g/mol. The van der Waals surface area contributed by atoms with Crippen LogP contribution in [0.2, 0.25) is 0 Å². The van der Waals surface area contributed by atoms with E-state index in [1.807, 2.05) is 0 Å². The molecule has 0 aromatic carbocycles. The van der Waals surface area contributed by atoms with E-state index in [1.54, 1.807) is 25.2 Å². The summed E-state index contributed by atoms with van der Waals surface area (Å²) in [6, 6.07) is 0. The number of aliphatic hydroxyl groups is 2. The van der Waals surface area contributed by atoms with Crippen molar-refractivity contribution < 1.29 is 43.5 Å². The molecule has 10 heteroatoms. The molecular formula is C27H35IO9. The van der Waals surface area contributed by atoms with Crippen LogP contribution in [0.5, 0.6) is 0 Å². The topological polar surface area (TPSA) is 124 Å². The Balaban J connectivity index is 1.51. The summed E-state index contributed by atoms with van der Waals surface area (Å²) in [4.78, 5) is 25.9. The summed E-state index contributed by atoms with van der Waals surface area (Å²) in [7, 11) is 0. The minimum atomic E-state index is -1.32. The lowest BCUT2D eigenvalue weighted by molar-refractivity contribution is -0.234. The van der Waals surface area contributed by atoms with Gasteiger partial charge in [-0.1, -0.05) is 32.1 Å². The molecule has 2 saturated heterocycles. The minimum Gasteiger partial charge on any atom is -0.463 e. The zero-order chi connectivity index (χ0) is 26.4. The van der Waals surface area contributed by atoms with Crippen molar-refractivity contribution >= 4 is 34.5 Å². The molecule has 2 bridgehead atoms. The Bertz CT molecular complexity index is 1000. The second-order valence-electron chi connectivity index (χ2n) is 11.0. The van der Waals surface area contributed by atoms with Gasteiger partial charge in [-0.25, -0.2) is 9.59 Å². The number of cyclic esters (lactones) is 1.